The fourth-order valence-corrected chi connectivity index (χ4v) is 8.81. The van der Waals surface area contributed by atoms with Crippen LogP contribution in [-0.2, 0) is 16.2 Å². The molecule has 9 aromatic rings. The zero-order valence-electron chi connectivity index (χ0n) is 37.6. The first-order chi connectivity index (χ1) is 30.2. The summed E-state index contributed by atoms with van der Waals surface area (Å²) in [5, 5.41) is 12.5. The summed E-state index contributed by atoms with van der Waals surface area (Å²) in [5.41, 5.74) is 15.5. The minimum atomic E-state index is -0.335. The topological polar surface area (TPSA) is 50.9 Å². The molecule has 0 radical (unpaired) electrons. The van der Waals surface area contributed by atoms with E-state index in [4.69, 9.17) is 9.97 Å². The second kappa shape index (κ2) is 16.0. The maximum atomic E-state index is 12.5. The van der Waals surface area contributed by atoms with Crippen LogP contribution >= 0.6 is 0 Å². The van der Waals surface area contributed by atoms with Crippen molar-refractivity contribution in [3.63, 3.8) is 0 Å². The van der Waals surface area contributed by atoms with Crippen molar-refractivity contribution in [1.82, 2.24) is 14.5 Å². The largest absolute Gasteiger partial charge is 0.507 e. The summed E-state index contributed by atoms with van der Waals surface area (Å²) in [7, 11) is 0. The highest BCUT2D eigenvalue weighted by Crippen LogP contribution is 2.46. The number of pyridine rings is 1. The molecule has 9 rings (SSSR count). The molecule has 0 spiro atoms. The summed E-state index contributed by atoms with van der Waals surface area (Å²) in [6.45, 7) is 17.8. The number of hydrogen-bond acceptors (Lipinski definition) is 3. The average Bonchev–Trinajstić information content (AvgIpc) is 3.68. The van der Waals surface area contributed by atoms with Gasteiger partial charge in [0.1, 0.15) is 11.6 Å². The van der Waals surface area contributed by atoms with Gasteiger partial charge in [-0.15, -0.1) is 0 Å². The molecule has 0 fully saturated rings. The normalized spacial score (nSPS) is 12.2. The molecule has 1 N–H and O–H groups in total. The number of phenolic OH excluding ortho intramolecular Hbond substituents is 1. The van der Waals surface area contributed by atoms with Crippen molar-refractivity contribution >= 4 is 11.0 Å². The molecule has 0 atom stereocenters. The Bertz CT molecular complexity index is 3090. The highest BCUT2D eigenvalue weighted by molar-refractivity contribution is 5.98. The number of nitrogens with zero attached hydrogens (tertiary/aromatic N) is 3. The minimum absolute atomic E-state index is 0.180. The number of hydrogen-bond donors (Lipinski definition) is 1. The molecule has 0 saturated heterocycles. The van der Waals surface area contributed by atoms with Crippen LogP contribution in [0.1, 0.15) is 77.6 Å². The zero-order valence-corrected chi connectivity index (χ0v) is 37.6. The number of phenols is 1. The van der Waals surface area contributed by atoms with E-state index in [1.54, 1.807) is 0 Å². The maximum Gasteiger partial charge on any atom is 0.149 e. The molecule has 2 heterocycles. The van der Waals surface area contributed by atoms with E-state index in [2.05, 4.69) is 230 Å². The summed E-state index contributed by atoms with van der Waals surface area (Å²) < 4.78 is 2.26. The SMILES string of the molecule is CC(C)(C)c1cc(-c2nc3c(-c4cc(-c5cc(-c6ccccc6)ccn5)cc(C(C)(C)c5ccccc5)c4)cccc3n2-c2ccccc2-c2ccccc2)c(O)c(C(C)(C)C)c1. The molecule has 0 aliphatic heterocycles. The van der Waals surface area contributed by atoms with Gasteiger partial charge >= 0.3 is 0 Å². The predicted molar refractivity (Wildman–Crippen MR) is 264 cm³/mol. The standard InChI is InChI=1S/C59H55N3O/c1-57(2,3)45-37-49(55(63)50(38-45)58(4,5)6)56-61-54-48(28-20-30-53(54)62(56)52-29-19-18-27-47(52)40-23-14-10-15-24-40)42-33-43(35-46(34-42)59(7,8)44-25-16-11-17-26-44)51-36-41(31-32-60-51)39-21-12-9-13-22-39/h9-38,63H,1-8H3. The van der Waals surface area contributed by atoms with Gasteiger partial charge in [0.15, 0.2) is 0 Å². The molecule has 0 bridgehead atoms. The van der Waals surface area contributed by atoms with Crippen molar-refractivity contribution < 1.29 is 5.11 Å². The van der Waals surface area contributed by atoms with Crippen molar-refractivity contribution in [3.8, 4) is 67.5 Å². The maximum absolute atomic E-state index is 12.5. The van der Waals surface area contributed by atoms with E-state index in [0.29, 0.717) is 11.4 Å². The van der Waals surface area contributed by atoms with Gasteiger partial charge in [0.25, 0.3) is 0 Å². The molecule has 4 nitrogen and oxygen atoms in total. The Morgan fingerprint density at radius 3 is 1.75 bits per heavy atom. The van der Waals surface area contributed by atoms with E-state index >= 15 is 0 Å². The lowest BCUT2D eigenvalue weighted by Gasteiger charge is -2.27. The second-order valence-corrected chi connectivity index (χ2v) is 19.3. The van der Waals surface area contributed by atoms with Gasteiger partial charge in [-0.05, 0) is 92.2 Å². The highest BCUT2D eigenvalue weighted by Gasteiger charge is 2.30. The Balaban J connectivity index is 1.36. The van der Waals surface area contributed by atoms with Gasteiger partial charge in [0.05, 0.1) is 28.0 Å². The van der Waals surface area contributed by atoms with Crippen molar-refractivity contribution in [1.29, 1.82) is 0 Å². The average molecular weight is 822 g/mol. The van der Waals surface area contributed by atoms with E-state index in [1.807, 2.05) is 12.3 Å². The first-order valence-electron chi connectivity index (χ1n) is 22.0. The molecule has 312 valence electrons. The van der Waals surface area contributed by atoms with Gasteiger partial charge in [-0.25, -0.2) is 4.98 Å². The molecule has 7 aromatic carbocycles. The van der Waals surface area contributed by atoms with Gasteiger partial charge in [0.2, 0.25) is 0 Å². The van der Waals surface area contributed by atoms with Crippen LogP contribution in [0.2, 0.25) is 0 Å². The van der Waals surface area contributed by atoms with Crippen molar-refractivity contribution in [2.45, 2.75) is 71.6 Å². The molecule has 63 heavy (non-hydrogen) atoms. The number of aromatic nitrogens is 3. The van der Waals surface area contributed by atoms with Gasteiger partial charge in [-0.2, -0.15) is 0 Å². The number of rotatable bonds is 8. The van der Waals surface area contributed by atoms with Crippen LogP contribution in [0.5, 0.6) is 5.75 Å². The summed E-state index contributed by atoms with van der Waals surface area (Å²) in [6, 6.07) is 62.2. The Labute approximate surface area is 372 Å². The lowest BCUT2D eigenvalue weighted by molar-refractivity contribution is 0.446. The van der Waals surface area contributed by atoms with Gasteiger partial charge < -0.3 is 5.11 Å². The zero-order chi connectivity index (χ0) is 44.1. The van der Waals surface area contributed by atoms with Crippen LogP contribution < -0.4 is 0 Å². The van der Waals surface area contributed by atoms with Gasteiger partial charge in [-0.1, -0.05) is 189 Å². The van der Waals surface area contributed by atoms with Crippen molar-refractivity contribution in [2.75, 3.05) is 0 Å². The van der Waals surface area contributed by atoms with E-state index < -0.39 is 0 Å². The van der Waals surface area contributed by atoms with Crippen molar-refractivity contribution in [3.05, 3.63) is 204 Å². The molecule has 0 saturated carbocycles. The van der Waals surface area contributed by atoms with Crippen LogP contribution in [0.4, 0.5) is 0 Å². The summed E-state index contributed by atoms with van der Waals surface area (Å²) >= 11 is 0. The Morgan fingerprint density at radius 2 is 1.06 bits per heavy atom. The third kappa shape index (κ3) is 7.87. The van der Waals surface area contributed by atoms with Crippen molar-refractivity contribution in [2.24, 2.45) is 0 Å². The van der Waals surface area contributed by atoms with Crippen LogP contribution in [0.15, 0.2) is 182 Å². The monoisotopic (exact) mass is 821 g/mol. The number of imidazole rings is 1. The third-order valence-electron chi connectivity index (χ3n) is 12.6. The third-order valence-corrected chi connectivity index (χ3v) is 12.6. The molecule has 0 aliphatic carbocycles. The lowest BCUT2D eigenvalue weighted by atomic mass is 9.76. The molecular weight excluding hydrogens is 767 g/mol. The molecule has 0 amide bonds. The quantitative estimate of drug-likeness (QED) is 0.166. The highest BCUT2D eigenvalue weighted by atomic mass is 16.3. The number of aromatic hydroxyl groups is 1. The van der Waals surface area contributed by atoms with Crippen LogP contribution in [0, 0.1) is 0 Å². The molecule has 0 unspecified atom stereocenters. The summed E-state index contributed by atoms with van der Waals surface area (Å²) in [6.07, 6.45) is 1.91. The fourth-order valence-electron chi connectivity index (χ4n) is 8.81. The molecule has 2 aromatic heterocycles. The lowest BCUT2D eigenvalue weighted by Crippen LogP contribution is -2.19. The second-order valence-electron chi connectivity index (χ2n) is 19.3. The van der Waals surface area contributed by atoms with Crippen LogP contribution in [0.3, 0.4) is 0 Å². The van der Waals surface area contributed by atoms with E-state index in [-0.39, 0.29) is 22.0 Å². The summed E-state index contributed by atoms with van der Waals surface area (Å²) in [4.78, 5) is 10.7. The molecule has 4 heteroatoms. The van der Waals surface area contributed by atoms with Crippen LogP contribution in [-0.4, -0.2) is 19.6 Å². The predicted octanol–water partition coefficient (Wildman–Crippen LogP) is 15.4. The Kier molecular flexibility index (Phi) is 10.5. The van der Waals surface area contributed by atoms with Gasteiger partial charge in [-0.3, -0.25) is 9.55 Å². The minimum Gasteiger partial charge on any atom is -0.507 e. The Morgan fingerprint density at radius 1 is 0.444 bits per heavy atom. The first-order valence-corrected chi connectivity index (χ1v) is 22.0. The van der Waals surface area contributed by atoms with E-state index in [0.717, 1.165) is 72.5 Å². The molecule has 0 aliphatic rings. The smallest absolute Gasteiger partial charge is 0.149 e. The van der Waals surface area contributed by atoms with E-state index in [1.165, 1.54) is 11.1 Å². The fraction of sp³-hybridized carbons (Fsp3) is 0.186. The first kappa shape index (κ1) is 41.3. The molecular formula is C59H55N3O. The summed E-state index contributed by atoms with van der Waals surface area (Å²) in [5.74, 6) is 0.942. The van der Waals surface area contributed by atoms with Crippen LogP contribution in [0.25, 0.3) is 72.7 Å². The Hall–Kier alpha value is -7.04. The van der Waals surface area contributed by atoms with Gasteiger partial charge in [0, 0.05) is 33.9 Å². The number of para-hydroxylation sites is 2. The number of benzene rings is 7. The van der Waals surface area contributed by atoms with E-state index in [9.17, 15) is 5.11 Å². The number of fused-ring (bicyclic) bond motifs is 1.